The first-order valence-electron chi connectivity index (χ1n) is 5.25. The zero-order valence-corrected chi connectivity index (χ0v) is 9.56. The van der Waals surface area contributed by atoms with Gasteiger partial charge in [-0.15, -0.1) is 0 Å². The number of aliphatic hydroxyl groups excluding tert-OH is 1. The molecule has 1 rings (SSSR count). The molecule has 0 saturated heterocycles. The Morgan fingerprint density at radius 2 is 2.50 bits per heavy atom. The number of hydrogen-bond acceptors (Lipinski definition) is 3. The second-order valence-corrected chi connectivity index (χ2v) is 3.84. The summed E-state index contributed by atoms with van der Waals surface area (Å²) in [6.07, 6.45) is 9.52. The molecule has 1 aliphatic heterocycles. The number of allylic oxidation sites excluding steroid dienone is 3. The quantitative estimate of drug-likeness (QED) is 0.704. The maximum Gasteiger partial charge on any atom is 0.117 e. The van der Waals surface area contributed by atoms with Crippen LogP contribution in [0.4, 0.5) is 0 Å². The predicted octanol–water partition coefficient (Wildman–Crippen LogP) is 1.58. The molecule has 86 valence electrons. The van der Waals surface area contributed by atoms with Crippen LogP contribution < -0.4 is 5.73 Å². The van der Waals surface area contributed by atoms with Crippen molar-refractivity contribution < 1.29 is 5.11 Å². The number of rotatable bonds is 4. The Bertz CT molecular complexity index is 375. The smallest absolute Gasteiger partial charge is 0.117 e. The van der Waals surface area contributed by atoms with Gasteiger partial charge in [0.1, 0.15) is 5.84 Å². The van der Waals surface area contributed by atoms with E-state index in [-0.39, 0.29) is 12.5 Å². The summed E-state index contributed by atoms with van der Waals surface area (Å²) < 4.78 is 0. The zero-order chi connectivity index (χ0) is 12.0. The molecule has 0 radical (unpaired) electrons. The summed E-state index contributed by atoms with van der Waals surface area (Å²) in [6.45, 7) is 6.61. The monoisotopic (exact) mass is 218 g/mol. The summed E-state index contributed by atoms with van der Waals surface area (Å²) >= 11 is 0. The van der Waals surface area contributed by atoms with Gasteiger partial charge in [0.15, 0.2) is 0 Å². The Morgan fingerprint density at radius 3 is 3.06 bits per heavy atom. The lowest BCUT2D eigenvalue weighted by Gasteiger charge is -2.13. The molecular formula is C13H18N2O. The molecule has 1 aliphatic rings. The molecule has 3 nitrogen and oxygen atoms in total. The van der Waals surface area contributed by atoms with Crippen molar-refractivity contribution in [2.24, 2.45) is 16.6 Å². The average molecular weight is 218 g/mol. The van der Waals surface area contributed by atoms with E-state index in [1.165, 1.54) is 0 Å². The number of nitrogens with two attached hydrogens (primary N) is 1. The Balaban J connectivity index is 2.51. The van der Waals surface area contributed by atoms with Crippen LogP contribution in [-0.2, 0) is 0 Å². The molecule has 1 heterocycles. The minimum absolute atomic E-state index is 0.0843. The van der Waals surface area contributed by atoms with Crippen LogP contribution in [0.5, 0.6) is 0 Å². The molecule has 0 bridgehead atoms. The van der Waals surface area contributed by atoms with Crippen molar-refractivity contribution in [3.8, 4) is 0 Å². The van der Waals surface area contributed by atoms with Crippen LogP contribution >= 0.6 is 0 Å². The van der Waals surface area contributed by atoms with Crippen molar-refractivity contribution in [3.05, 3.63) is 48.1 Å². The molecule has 0 aromatic rings. The number of aliphatic hydroxyl groups is 1. The van der Waals surface area contributed by atoms with Gasteiger partial charge in [-0.3, -0.25) is 4.99 Å². The van der Waals surface area contributed by atoms with Crippen molar-refractivity contribution >= 4 is 5.84 Å². The minimum Gasteiger partial charge on any atom is -0.392 e. The standard InChI is InChI=1S/C13H18N2O/c1-10(9-16)4-3-5-11(2)12-6-7-13(14)15-8-12/h3-7,12,16H,2,8-9H2,1H3,(H2,14,15)/b5-3-,10-4+. The summed E-state index contributed by atoms with van der Waals surface area (Å²) in [4.78, 5) is 4.15. The van der Waals surface area contributed by atoms with Gasteiger partial charge in [-0.05, 0) is 24.1 Å². The minimum atomic E-state index is 0.0843. The Labute approximate surface area is 96.4 Å². The largest absolute Gasteiger partial charge is 0.392 e. The Hall–Kier alpha value is -1.61. The van der Waals surface area contributed by atoms with E-state index in [2.05, 4.69) is 11.6 Å². The van der Waals surface area contributed by atoms with Crippen LogP contribution in [0.15, 0.2) is 53.1 Å². The molecule has 0 aromatic heterocycles. The van der Waals surface area contributed by atoms with E-state index in [0.717, 1.165) is 11.1 Å². The maximum atomic E-state index is 8.81. The fourth-order valence-electron chi connectivity index (χ4n) is 1.29. The lowest BCUT2D eigenvalue weighted by Crippen LogP contribution is -2.17. The maximum absolute atomic E-state index is 8.81. The van der Waals surface area contributed by atoms with Crippen LogP contribution in [0.2, 0.25) is 0 Å². The van der Waals surface area contributed by atoms with E-state index in [1.54, 1.807) is 0 Å². The summed E-state index contributed by atoms with van der Waals surface area (Å²) in [5.41, 5.74) is 7.45. The van der Waals surface area contributed by atoms with Crippen molar-refractivity contribution in [2.45, 2.75) is 6.92 Å². The lowest BCUT2D eigenvalue weighted by molar-refractivity contribution is 0.331. The normalized spacial score (nSPS) is 21.2. The summed E-state index contributed by atoms with van der Waals surface area (Å²) in [5, 5.41) is 8.81. The molecule has 0 aliphatic carbocycles. The second kappa shape index (κ2) is 6.08. The van der Waals surface area contributed by atoms with Crippen LogP contribution in [0.3, 0.4) is 0 Å². The Morgan fingerprint density at radius 1 is 1.75 bits per heavy atom. The van der Waals surface area contributed by atoms with Crippen LogP contribution in [0.25, 0.3) is 0 Å². The number of dihydropyridines is 1. The van der Waals surface area contributed by atoms with E-state index in [0.29, 0.717) is 12.4 Å². The first-order valence-corrected chi connectivity index (χ1v) is 5.25. The van der Waals surface area contributed by atoms with Gasteiger partial charge in [0.25, 0.3) is 0 Å². The highest BCUT2D eigenvalue weighted by Crippen LogP contribution is 2.15. The molecule has 3 heteroatoms. The van der Waals surface area contributed by atoms with Gasteiger partial charge in [-0.2, -0.15) is 0 Å². The molecule has 0 fully saturated rings. The molecule has 3 N–H and O–H groups in total. The van der Waals surface area contributed by atoms with Gasteiger partial charge in [0.2, 0.25) is 0 Å². The topological polar surface area (TPSA) is 58.6 Å². The molecular weight excluding hydrogens is 200 g/mol. The van der Waals surface area contributed by atoms with E-state index < -0.39 is 0 Å². The molecule has 0 amide bonds. The van der Waals surface area contributed by atoms with Gasteiger partial charge in [-0.1, -0.05) is 30.9 Å². The van der Waals surface area contributed by atoms with E-state index >= 15 is 0 Å². The predicted molar refractivity (Wildman–Crippen MR) is 68.2 cm³/mol. The van der Waals surface area contributed by atoms with Gasteiger partial charge in [0, 0.05) is 5.92 Å². The summed E-state index contributed by atoms with van der Waals surface area (Å²) in [6, 6.07) is 0. The van der Waals surface area contributed by atoms with Crippen molar-refractivity contribution in [2.75, 3.05) is 13.2 Å². The van der Waals surface area contributed by atoms with E-state index in [9.17, 15) is 0 Å². The number of amidine groups is 1. The molecule has 1 unspecified atom stereocenters. The molecule has 1 atom stereocenters. The number of nitrogens with zero attached hydrogens (tertiary/aromatic N) is 1. The van der Waals surface area contributed by atoms with Crippen LogP contribution in [0.1, 0.15) is 6.92 Å². The molecule has 0 spiro atoms. The van der Waals surface area contributed by atoms with Crippen LogP contribution in [0, 0.1) is 5.92 Å². The first kappa shape index (κ1) is 12.5. The molecule has 0 aromatic carbocycles. The first-order chi connectivity index (χ1) is 7.63. The van der Waals surface area contributed by atoms with Crippen molar-refractivity contribution in [3.63, 3.8) is 0 Å². The highest BCUT2D eigenvalue weighted by Gasteiger charge is 2.09. The van der Waals surface area contributed by atoms with Gasteiger partial charge >= 0.3 is 0 Å². The third-order valence-corrected chi connectivity index (χ3v) is 2.39. The molecule has 0 saturated carbocycles. The van der Waals surface area contributed by atoms with Crippen LogP contribution in [-0.4, -0.2) is 24.1 Å². The van der Waals surface area contributed by atoms with E-state index in [1.807, 2.05) is 37.3 Å². The van der Waals surface area contributed by atoms with E-state index in [4.69, 9.17) is 10.8 Å². The highest BCUT2D eigenvalue weighted by molar-refractivity contribution is 5.92. The zero-order valence-electron chi connectivity index (χ0n) is 9.56. The second-order valence-electron chi connectivity index (χ2n) is 3.84. The Kier molecular flexibility index (Phi) is 4.73. The van der Waals surface area contributed by atoms with Crippen molar-refractivity contribution in [1.29, 1.82) is 0 Å². The third kappa shape index (κ3) is 3.87. The highest BCUT2D eigenvalue weighted by atomic mass is 16.3. The average Bonchev–Trinajstić information content (AvgIpc) is 2.29. The van der Waals surface area contributed by atoms with Gasteiger partial charge in [0.05, 0.1) is 13.2 Å². The number of aliphatic imine (C=N–C) groups is 1. The lowest BCUT2D eigenvalue weighted by atomic mass is 9.98. The third-order valence-electron chi connectivity index (χ3n) is 2.39. The SMILES string of the molecule is C=C(/C=C\C=C(/C)CO)C1C=CC(N)=NC1. The number of hydrogen-bond donors (Lipinski definition) is 2. The summed E-state index contributed by atoms with van der Waals surface area (Å²) in [7, 11) is 0. The fourth-order valence-corrected chi connectivity index (χ4v) is 1.29. The summed E-state index contributed by atoms with van der Waals surface area (Å²) in [5.74, 6) is 0.801. The van der Waals surface area contributed by atoms with Gasteiger partial charge < -0.3 is 10.8 Å². The fraction of sp³-hybridized carbons (Fsp3) is 0.308. The van der Waals surface area contributed by atoms with Gasteiger partial charge in [-0.25, -0.2) is 0 Å². The van der Waals surface area contributed by atoms with Crippen molar-refractivity contribution in [1.82, 2.24) is 0 Å². The molecule has 16 heavy (non-hydrogen) atoms.